The van der Waals surface area contributed by atoms with Gasteiger partial charge in [0.25, 0.3) is 0 Å². The van der Waals surface area contributed by atoms with E-state index >= 15 is 0 Å². The van der Waals surface area contributed by atoms with Gasteiger partial charge >= 0.3 is 0 Å². The number of nitrogens with zero attached hydrogens (tertiary/aromatic N) is 3. The standard InChI is InChI=1S/C16H18N4S2/c1-10-15(22-11(2)17-10)14-9-21-16(19-14)18-12-5-7-13(8-6-12)20(3)4/h5-9H,1-4H3,(H,18,19). The molecule has 0 aliphatic rings. The van der Waals surface area contributed by atoms with Crippen LogP contribution in [0.5, 0.6) is 0 Å². The first kappa shape index (κ1) is 15.0. The Hall–Kier alpha value is -1.92. The maximum atomic E-state index is 4.67. The van der Waals surface area contributed by atoms with E-state index in [2.05, 4.69) is 49.8 Å². The zero-order valence-corrected chi connectivity index (χ0v) is 14.7. The largest absolute Gasteiger partial charge is 0.378 e. The van der Waals surface area contributed by atoms with Gasteiger partial charge in [0.15, 0.2) is 5.13 Å². The topological polar surface area (TPSA) is 41.1 Å². The molecule has 3 aromatic rings. The van der Waals surface area contributed by atoms with Gasteiger partial charge in [0.05, 0.1) is 21.3 Å². The summed E-state index contributed by atoms with van der Waals surface area (Å²) in [4.78, 5) is 12.4. The zero-order chi connectivity index (χ0) is 15.7. The van der Waals surface area contributed by atoms with Crippen molar-refractivity contribution in [2.45, 2.75) is 13.8 Å². The molecule has 3 rings (SSSR count). The predicted octanol–water partition coefficient (Wildman–Crippen LogP) is 4.69. The van der Waals surface area contributed by atoms with E-state index in [-0.39, 0.29) is 0 Å². The van der Waals surface area contributed by atoms with Crippen LogP contribution < -0.4 is 10.2 Å². The lowest BCUT2D eigenvalue weighted by atomic mass is 10.2. The molecule has 1 N–H and O–H groups in total. The molecule has 0 aliphatic heterocycles. The molecule has 0 radical (unpaired) electrons. The highest BCUT2D eigenvalue weighted by molar-refractivity contribution is 7.16. The summed E-state index contributed by atoms with van der Waals surface area (Å²) in [6, 6.07) is 8.32. The van der Waals surface area contributed by atoms with Crippen LogP contribution in [0.2, 0.25) is 0 Å². The van der Waals surface area contributed by atoms with Crippen molar-refractivity contribution in [3.05, 3.63) is 40.3 Å². The predicted molar refractivity (Wildman–Crippen MR) is 96.7 cm³/mol. The number of aromatic nitrogens is 2. The molecule has 0 spiro atoms. The summed E-state index contributed by atoms with van der Waals surface area (Å²) in [6.07, 6.45) is 0. The van der Waals surface area contributed by atoms with E-state index in [1.165, 1.54) is 5.69 Å². The van der Waals surface area contributed by atoms with Crippen molar-refractivity contribution in [1.29, 1.82) is 0 Å². The molecule has 2 heterocycles. The Morgan fingerprint density at radius 1 is 1.05 bits per heavy atom. The number of anilines is 3. The van der Waals surface area contributed by atoms with Gasteiger partial charge in [0.1, 0.15) is 0 Å². The quantitative estimate of drug-likeness (QED) is 0.753. The molecule has 0 atom stereocenters. The molecule has 6 heteroatoms. The number of hydrogen-bond acceptors (Lipinski definition) is 6. The average molecular weight is 330 g/mol. The first-order valence-corrected chi connectivity index (χ1v) is 8.67. The van der Waals surface area contributed by atoms with Crippen molar-refractivity contribution >= 4 is 39.2 Å². The molecule has 0 saturated carbocycles. The van der Waals surface area contributed by atoms with Crippen LogP contribution in [0.1, 0.15) is 10.7 Å². The van der Waals surface area contributed by atoms with Gasteiger partial charge < -0.3 is 10.2 Å². The van der Waals surface area contributed by atoms with Crippen LogP contribution in [-0.2, 0) is 0 Å². The van der Waals surface area contributed by atoms with E-state index in [0.717, 1.165) is 32.1 Å². The molecule has 0 unspecified atom stereocenters. The van der Waals surface area contributed by atoms with Crippen molar-refractivity contribution in [3.63, 3.8) is 0 Å². The smallest absolute Gasteiger partial charge is 0.187 e. The molecular weight excluding hydrogens is 312 g/mol. The SMILES string of the molecule is Cc1nc(C)c(-c2csc(Nc3ccc(N(C)C)cc3)n2)s1. The number of rotatable bonds is 4. The maximum Gasteiger partial charge on any atom is 0.187 e. The van der Waals surface area contributed by atoms with E-state index in [9.17, 15) is 0 Å². The molecule has 114 valence electrons. The maximum absolute atomic E-state index is 4.67. The highest BCUT2D eigenvalue weighted by atomic mass is 32.1. The molecule has 0 bridgehead atoms. The van der Waals surface area contributed by atoms with Crippen molar-refractivity contribution in [2.24, 2.45) is 0 Å². The zero-order valence-electron chi connectivity index (χ0n) is 13.0. The fraction of sp³-hybridized carbons (Fsp3) is 0.250. The first-order chi connectivity index (χ1) is 10.5. The molecule has 0 amide bonds. The van der Waals surface area contributed by atoms with E-state index in [4.69, 9.17) is 0 Å². The minimum absolute atomic E-state index is 0.901. The molecule has 0 fully saturated rings. The van der Waals surface area contributed by atoms with Crippen LogP contribution in [0.15, 0.2) is 29.6 Å². The normalized spacial score (nSPS) is 10.7. The van der Waals surface area contributed by atoms with Gasteiger partial charge in [0.2, 0.25) is 0 Å². The lowest BCUT2D eigenvalue weighted by molar-refractivity contribution is 1.13. The Labute approximate surface area is 138 Å². The number of nitrogens with one attached hydrogen (secondary N) is 1. The Morgan fingerprint density at radius 2 is 1.77 bits per heavy atom. The van der Waals surface area contributed by atoms with Crippen LogP contribution >= 0.6 is 22.7 Å². The Kier molecular flexibility index (Phi) is 4.13. The van der Waals surface area contributed by atoms with Crippen molar-refractivity contribution in [2.75, 3.05) is 24.3 Å². The molecule has 0 saturated heterocycles. The Bertz CT molecular complexity index is 772. The first-order valence-electron chi connectivity index (χ1n) is 6.97. The van der Waals surface area contributed by atoms with Gasteiger partial charge in [-0.25, -0.2) is 9.97 Å². The fourth-order valence-corrected chi connectivity index (χ4v) is 3.85. The summed E-state index contributed by atoms with van der Waals surface area (Å²) in [5, 5.41) is 7.42. The van der Waals surface area contributed by atoms with Gasteiger partial charge in [-0.15, -0.1) is 22.7 Å². The third kappa shape index (κ3) is 3.13. The van der Waals surface area contributed by atoms with Crippen molar-refractivity contribution < 1.29 is 0 Å². The Morgan fingerprint density at radius 3 is 2.36 bits per heavy atom. The minimum atomic E-state index is 0.901. The number of thiazole rings is 2. The summed E-state index contributed by atoms with van der Waals surface area (Å²) in [7, 11) is 4.07. The summed E-state index contributed by atoms with van der Waals surface area (Å²) in [6.45, 7) is 4.06. The van der Waals surface area contributed by atoms with Crippen LogP contribution in [0, 0.1) is 13.8 Å². The summed E-state index contributed by atoms with van der Waals surface area (Å²) >= 11 is 3.31. The number of hydrogen-bond donors (Lipinski definition) is 1. The van der Waals surface area contributed by atoms with E-state index in [0.29, 0.717) is 0 Å². The second-order valence-electron chi connectivity index (χ2n) is 5.25. The summed E-state index contributed by atoms with van der Waals surface area (Å²) < 4.78 is 0. The second kappa shape index (κ2) is 6.06. The van der Waals surface area contributed by atoms with Crippen molar-refractivity contribution in [3.8, 4) is 10.6 Å². The third-order valence-corrected chi connectivity index (χ3v) is 5.13. The molecule has 0 aliphatic carbocycles. The third-order valence-electron chi connectivity index (χ3n) is 3.28. The molecule has 1 aromatic carbocycles. The van der Waals surface area contributed by atoms with Crippen LogP contribution in [0.25, 0.3) is 10.6 Å². The lowest BCUT2D eigenvalue weighted by Gasteiger charge is -2.12. The van der Waals surface area contributed by atoms with Gasteiger partial charge in [-0.05, 0) is 38.1 Å². The number of benzene rings is 1. The monoisotopic (exact) mass is 330 g/mol. The molecule has 22 heavy (non-hydrogen) atoms. The van der Waals surface area contributed by atoms with Crippen LogP contribution in [0.4, 0.5) is 16.5 Å². The lowest BCUT2D eigenvalue weighted by Crippen LogP contribution is -2.08. The minimum Gasteiger partial charge on any atom is -0.378 e. The summed E-state index contributed by atoms with van der Waals surface area (Å²) in [5.41, 5.74) is 4.28. The van der Waals surface area contributed by atoms with E-state index < -0.39 is 0 Å². The highest BCUT2D eigenvalue weighted by Gasteiger charge is 2.11. The Balaban J connectivity index is 1.78. The van der Waals surface area contributed by atoms with Gasteiger partial charge in [0, 0.05) is 30.9 Å². The molecule has 4 nitrogen and oxygen atoms in total. The van der Waals surface area contributed by atoms with Gasteiger partial charge in [-0.1, -0.05) is 0 Å². The van der Waals surface area contributed by atoms with Gasteiger partial charge in [-0.2, -0.15) is 0 Å². The van der Waals surface area contributed by atoms with E-state index in [1.54, 1.807) is 22.7 Å². The van der Waals surface area contributed by atoms with Crippen LogP contribution in [-0.4, -0.2) is 24.1 Å². The van der Waals surface area contributed by atoms with Crippen LogP contribution in [0.3, 0.4) is 0 Å². The van der Waals surface area contributed by atoms with E-state index in [1.807, 2.05) is 27.9 Å². The average Bonchev–Trinajstić information content (AvgIpc) is 3.06. The number of aryl methyl sites for hydroxylation is 2. The highest BCUT2D eigenvalue weighted by Crippen LogP contribution is 2.33. The summed E-state index contributed by atoms with van der Waals surface area (Å²) in [5.74, 6) is 0. The van der Waals surface area contributed by atoms with Gasteiger partial charge in [-0.3, -0.25) is 0 Å². The molecular formula is C16H18N4S2. The molecule has 2 aromatic heterocycles. The second-order valence-corrected chi connectivity index (χ2v) is 7.31. The fourth-order valence-electron chi connectivity index (χ4n) is 2.17. The van der Waals surface area contributed by atoms with Crippen molar-refractivity contribution in [1.82, 2.24) is 9.97 Å².